The number of aliphatic hydroxyl groups is 1. The molecule has 0 aliphatic rings. The standard InChI is InChI=1S/C6H15NO2/c1-3-7-5-6(8)9-4-2/h6-8H,3-5H2,1-2H3. The van der Waals surface area contributed by atoms with Gasteiger partial charge < -0.3 is 15.2 Å². The maximum absolute atomic E-state index is 8.90. The molecule has 0 saturated carbocycles. The molecule has 1 unspecified atom stereocenters. The van der Waals surface area contributed by atoms with E-state index in [1.165, 1.54) is 0 Å². The fourth-order valence-corrected chi connectivity index (χ4v) is 0.519. The van der Waals surface area contributed by atoms with Gasteiger partial charge >= 0.3 is 0 Å². The van der Waals surface area contributed by atoms with Crippen LogP contribution in [0.1, 0.15) is 13.8 Å². The van der Waals surface area contributed by atoms with E-state index in [4.69, 9.17) is 9.84 Å². The van der Waals surface area contributed by atoms with Gasteiger partial charge in [0, 0.05) is 13.2 Å². The summed E-state index contributed by atoms with van der Waals surface area (Å²) in [5.41, 5.74) is 0. The van der Waals surface area contributed by atoms with Crippen LogP contribution in [0.3, 0.4) is 0 Å². The first kappa shape index (κ1) is 8.88. The van der Waals surface area contributed by atoms with Crippen LogP contribution >= 0.6 is 0 Å². The van der Waals surface area contributed by atoms with E-state index in [-0.39, 0.29) is 0 Å². The Bertz CT molecular complexity index is 59.0. The second-order valence-electron chi connectivity index (χ2n) is 1.72. The van der Waals surface area contributed by atoms with Gasteiger partial charge in [0.2, 0.25) is 0 Å². The van der Waals surface area contributed by atoms with E-state index in [0.717, 1.165) is 6.54 Å². The van der Waals surface area contributed by atoms with Gasteiger partial charge in [0.05, 0.1) is 0 Å². The molecule has 0 heterocycles. The molecule has 0 fully saturated rings. The molecule has 0 aromatic rings. The summed E-state index contributed by atoms with van der Waals surface area (Å²) in [6.07, 6.45) is -0.644. The monoisotopic (exact) mass is 133 g/mol. The van der Waals surface area contributed by atoms with Crippen LogP contribution in [0.15, 0.2) is 0 Å². The van der Waals surface area contributed by atoms with Gasteiger partial charge in [-0.2, -0.15) is 0 Å². The van der Waals surface area contributed by atoms with Crippen molar-refractivity contribution in [3.8, 4) is 0 Å². The molecule has 0 aromatic carbocycles. The Morgan fingerprint density at radius 2 is 2.22 bits per heavy atom. The molecule has 1 atom stereocenters. The summed E-state index contributed by atoms with van der Waals surface area (Å²) in [7, 11) is 0. The lowest BCUT2D eigenvalue weighted by atomic mass is 10.6. The molecule has 0 spiro atoms. The molecule has 56 valence electrons. The molecule has 3 nitrogen and oxygen atoms in total. The summed E-state index contributed by atoms with van der Waals surface area (Å²) in [4.78, 5) is 0. The second kappa shape index (κ2) is 6.01. The minimum Gasteiger partial charge on any atom is -0.367 e. The minimum atomic E-state index is -0.644. The van der Waals surface area contributed by atoms with Crippen molar-refractivity contribution >= 4 is 0 Å². The van der Waals surface area contributed by atoms with Crippen LogP contribution in [0.5, 0.6) is 0 Å². The van der Waals surface area contributed by atoms with Gasteiger partial charge in [-0.05, 0) is 13.5 Å². The number of likely N-dealkylation sites (N-methyl/N-ethyl adjacent to an activating group) is 1. The Hall–Kier alpha value is -0.120. The topological polar surface area (TPSA) is 41.5 Å². The number of nitrogens with one attached hydrogen (secondary N) is 1. The molecule has 2 N–H and O–H groups in total. The zero-order valence-corrected chi connectivity index (χ0v) is 6.05. The SMILES string of the molecule is CCNCC(O)OCC. The van der Waals surface area contributed by atoms with Crippen molar-refractivity contribution in [1.29, 1.82) is 0 Å². The van der Waals surface area contributed by atoms with E-state index < -0.39 is 6.29 Å². The van der Waals surface area contributed by atoms with Gasteiger partial charge in [-0.15, -0.1) is 0 Å². The Morgan fingerprint density at radius 1 is 1.56 bits per heavy atom. The predicted molar refractivity (Wildman–Crippen MR) is 36.2 cm³/mol. The summed E-state index contributed by atoms with van der Waals surface area (Å²) in [6.45, 7) is 5.79. The van der Waals surface area contributed by atoms with Crippen LogP contribution in [0, 0.1) is 0 Å². The summed E-state index contributed by atoms with van der Waals surface area (Å²) >= 11 is 0. The van der Waals surface area contributed by atoms with Crippen molar-refractivity contribution < 1.29 is 9.84 Å². The van der Waals surface area contributed by atoms with Crippen molar-refractivity contribution in [2.45, 2.75) is 20.1 Å². The highest BCUT2D eigenvalue weighted by molar-refractivity contribution is 4.44. The lowest BCUT2D eigenvalue weighted by Gasteiger charge is -2.09. The van der Waals surface area contributed by atoms with Crippen LogP contribution in [-0.2, 0) is 4.74 Å². The van der Waals surface area contributed by atoms with Gasteiger partial charge in [-0.3, -0.25) is 0 Å². The third-order valence-electron chi connectivity index (χ3n) is 0.928. The van der Waals surface area contributed by atoms with Crippen LogP contribution in [0.2, 0.25) is 0 Å². The average Bonchev–Trinajstić information content (AvgIpc) is 1.85. The second-order valence-corrected chi connectivity index (χ2v) is 1.72. The van der Waals surface area contributed by atoms with Gasteiger partial charge in [0.15, 0.2) is 6.29 Å². The Kier molecular flexibility index (Phi) is 5.93. The molecule has 0 aliphatic carbocycles. The summed E-state index contributed by atoms with van der Waals surface area (Å²) in [5.74, 6) is 0. The fourth-order valence-electron chi connectivity index (χ4n) is 0.519. The van der Waals surface area contributed by atoms with Crippen LogP contribution in [0.25, 0.3) is 0 Å². The highest BCUT2D eigenvalue weighted by Crippen LogP contribution is 1.81. The van der Waals surface area contributed by atoms with E-state index in [0.29, 0.717) is 13.2 Å². The third kappa shape index (κ3) is 5.76. The molecule has 3 heteroatoms. The smallest absolute Gasteiger partial charge is 0.167 e. The van der Waals surface area contributed by atoms with Crippen molar-refractivity contribution in [3.63, 3.8) is 0 Å². The first-order chi connectivity index (χ1) is 4.31. The molecular formula is C6H15NO2. The van der Waals surface area contributed by atoms with Crippen molar-refractivity contribution in [1.82, 2.24) is 5.32 Å². The number of rotatable bonds is 5. The molecule has 0 rings (SSSR count). The first-order valence-electron chi connectivity index (χ1n) is 3.31. The predicted octanol–water partition coefficient (Wildman–Crippen LogP) is -0.0492. The lowest BCUT2D eigenvalue weighted by molar-refractivity contribution is -0.0910. The Balaban J connectivity index is 2.95. The number of hydrogen-bond donors (Lipinski definition) is 2. The van der Waals surface area contributed by atoms with Gasteiger partial charge in [0.25, 0.3) is 0 Å². The Labute approximate surface area is 56.0 Å². The molecule has 0 bridgehead atoms. The van der Waals surface area contributed by atoms with Crippen molar-refractivity contribution in [3.05, 3.63) is 0 Å². The largest absolute Gasteiger partial charge is 0.367 e. The first-order valence-corrected chi connectivity index (χ1v) is 3.31. The molecule has 0 saturated heterocycles. The molecule has 9 heavy (non-hydrogen) atoms. The third-order valence-corrected chi connectivity index (χ3v) is 0.928. The van der Waals surface area contributed by atoms with E-state index >= 15 is 0 Å². The molecule has 0 aliphatic heterocycles. The zero-order chi connectivity index (χ0) is 7.11. The van der Waals surface area contributed by atoms with Crippen LogP contribution in [0.4, 0.5) is 0 Å². The fraction of sp³-hybridized carbons (Fsp3) is 1.00. The normalized spacial score (nSPS) is 13.7. The average molecular weight is 133 g/mol. The maximum Gasteiger partial charge on any atom is 0.167 e. The maximum atomic E-state index is 8.90. The van der Waals surface area contributed by atoms with Gasteiger partial charge in [-0.1, -0.05) is 6.92 Å². The number of hydrogen-bond acceptors (Lipinski definition) is 3. The van der Waals surface area contributed by atoms with Crippen LogP contribution in [-0.4, -0.2) is 31.1 Å². The Morgan fingerprint density at radius 3 is 2.67 bits per heavy atom. The summed E-state index contributed by atoms with van der Waals surface area (Å²) in [6, 6.07) is 0. The van der Waals surface area contributed by atoms with Gasteiger partial charge in [0.1, 0.15) is 0 Å². The van der Waals surface area contributed by atoms with Crippen molar-refractivity contribution in [2.24, 2.45) is 0 Å². The number of ether oxygens (including phenoxy) is 1. The summed E-state index contributed by atoms with van der Waals surface area (Å²) < 4.78 is 4.84. The van der Waals surface area contributed by atoms with Gasteiger partial charge in [-0.25, -0.2) is 0 Å². The van der Waals surface area contributed by atoms with Crippen LogP contribution < -0.4 is 5.32 Å². The highest BCUT2D eigenvalue weighted by atomic mass is 16.6. The minimum absolute atomic E-state index is 0.518. The van der Waals surface area contributed by atoms with E-state index in [1.807, 2.05) is 13.8 Å². The molecule has 0 radical (unpaired) electrons. The van der Waals surface area contributed by atoms with E-state index in [2.05, 4.69) is 5.32 Å². The summed E-state index contributed by atoms with van der Waals surface area (Å²) in [5, 5.41) is 11.9. The van der Waals surface area contributed by atoms with Crippen molar-refractivity contribution in [2.75, 3.05) is 19.7 Å². The molecule has 0 amide bonds. The zero-order valence-electron chi connectivity index (χ0n) is 6.05. The van der Waals surface area contributed by atoms with E-state index in [9.17, 15) is 0 Å². The highest BCUT2D eigenvalue weighted by Gasteiger charge is 1.98. The van der Waals surface area contributed by atoms with E-state index in [1.54, 1.807) is 0 Å². The molecule has 0 aromatic heterocycles. The number of aliphatic hydroxyl groups excluding tert-OH is 1. The molecular weight excluding hydrogens is 118 g/mol. The lowest BCUT2D eigenvalue weighted by Crippen LogP contribution is -2.28. The quantitative estimate of drug-likeness (QED) is 0.517.